The Bertz CT molecular complexity index is 824. The van der Waals surface area contributed by atoms with Crippen molar-refractivity contribution in [2.75, 3.05) is 0 Å². The normalized spacial score (nSPS) is 20.4. The number of hydrogen-bond acceptors (Lipinski definition) is 4. The fourth-order valence-corrected chi connectivity index (χ4v) is 3.19. The summed E-state index contributed by atoms with van der Waals surface area (Å²) in [5.74, 6) is -0.690. The number of amides is 1. The Morgan fingerprint density at radius 3 is 2.36 bits per heavy atom. The molecule has 1 amide bonds. The summed E-state index contributed by atoms with van der Waals surface area (Å²) >= 11 is 0. The van der Waals surface area contributed by atoms with Crippen LogP contribution in [0.3, 0.4) is 0 Å². The Hall–Kier alpha value is -3.13. The van der Waals surface area contributed by atoms with Crippen LogP contribution < -0.4 is 0 Å². The quantitative estimate of drug-likeness (QED) is 0.636. The zero-order valence-corrected chi connectivity index (χ0v) is 14.0. The maximum absolute atomic E-state index is 12.6. The van der Waals surface area contributed by atoms with Gasteiger partial charge in [0, 0.05) is 6.92 Å². The first-order valence-electron chi connectivity index (χ1n) is 8.07. The monoisotopic (exact) mass is 334 g/mol. The SMILES string of the molecule is CC(=O)OC1C(=O)N(C(C)c2ccccc2)C1c1ccc(C#N)cc1. The lowest BCUT2D eigenvalue weighted by Gasteiger charge is -2.49. The second-order valence-corrected chi connectivity index (χ2v) is 6.04. The van der Waals surface area contributed by atoms with Crippen molar-refractivity contribution < 1.29 is 14.3 Å². The van der Waals surface area contributed by atoms with Gasteiger partial charge >= 0.3 is 5.97 Å². The molecule has 0 radical (unpaired) electrons. The highest BCUT2D eigenvalue weighted by molar-refractivity contribution is 5.91. The Balaban J connectivity index is 1.94. The number of β-lactam (4-membered cyclic amide) rings is 1. The molecule has 2 aromatic carbocycles. The smallest absolute Gasteiger partial charge is 0.303 e. The highest BCUT2D eigenvalue weighted by atomic mass is 16.6. The molecule has 5 heteroatoms. The van der Waals surface area contributed by atoms with E-state index in [0.29, 0.717) is 5.56 Å². The average Bonchev–Trinajstić information content (AvgIpc) is 2.64. The minimum absolute atomic E-state index is 0.152. The van der Waals surface area contributed by atoms with E-state index in [-0.39, 0.29) is 18.0 Å². The minimum Gasteiger partial charge on any atom is -0.450 e. The lowest BCUT2D eigenvalue weighted by atomic mass is 9.87. The van der Waals surface area contributed by atoms with Crippen LogP contribution in [0.25, 0.3) is 0 Å². The molecule has 0 N–H and O–H groups in total. The van der Waals surface area contributed by atoms with Gasteiger partial charge in [-0.15, -0.1) is 0 Å². The first kappa shape index (κ1) is 16.7. The van der Waals surface area contributed by atoms with Crippen molar-refractivity contribution in [2.45, 2.75) is 32.0 Å². The van der Waals surface area contributed by atoms with Gasteiger partial charge in [0.25, 0.3) is 5.91 Å². The number of nitrogens with zero attached hydrogens (tertiary/aromatic N) is 2. The topological polar surface area (TPSA) is 70.4 Å². The largest absolute Gasteiger partial charge is 0.450 e. The van der Waals surface area contributed by atoms with Gasteiger partial charge in [0.15, 0.2) is 0 Å². The highest BCUT2D eigenvalue weighted by Crippen LogP contribution is 2.43. The molecular formula is C20H18N2O3. The summed E-state index contributed by atoms with van der Waals surface area (Å²) < 4.78 is 5.24. The molecule has 3 rings (SSSR count). The number of rotatable bonds is 4. The van der Waals surface area contributed by atoms with Gasteiger partial charge in [-0.2, -0.15) is 5.26 Å². The maximum Gasteiger partial charge on any atom is 0.303 e. The molecule has 0 aromatic heterocycles. The standard InChI is InChI=1S/C20H18N2O3/c1-13(16-6-4-3-5-7-16)22-18(19(20(22)24)25-14(2)23)17-10-8-15(12-21)9-11-17/h3-11,13,18-19H,1-2H3. The van der Waals surface area contributed by atoms with Crippen molar-refractivity contribution >= 4 is 11.9 Å². The van der Waals surface area contributed by atoms with Crippen LogP contribution in [0.15, 0.2) is 54.6 Å². The average molecular weight is 334 g/mol. The molecule has 0 aliphatic carbocycles. The number of nitriles is 1. The first-order valence-corrected chi connectivity index (χ1v) is 8.07. The molecule has 0 saturated carbocycles. The van der Waals surface area contributed by atoms with Gasteiger partial charge in [-0.1, -0.05) is 42.5 Å². The summed E-state index contributed by atoms with van der Waals surface area (Å²) in [5.41, 5.74) is 2.39. The molecule has 3 atom stereocenters. The zero-order chi connectivity index (χ0) is 18.0. The fraction of sp³-hybridized carbons (Fsp3) is 0.250. The minimum atomic E-state index is -0.823. The second kappa shape index (κ2) is 6.78. The summed E-state index contributed by atoms with van der Waals surface area (Å²) in [6.07, 6.45) is -0.823. The number of esters is 1. The van der Waals surface area contributed by atoms with Crippen LogP contribution in [0.1, 0.15) is 42.6 Å². The number of carbonyl (C=O) groups excluding carboxylic acids is 2. The predicted molar refractivity (Wildman–Crippen MR) is 91.2 cm³/mol. The van der Waals surface area contributed by atoms with Crippen LogP contribution in [0.5, 0.6) is 0 Å². The molecule has 1 heterocycles. The number of carbonyl (C=O) groups is 2. The van der Waals surface area contributed by atoms with Gasteiger partial charge in [-0.05, 0) is 30.2 Å². The molecule has 0 spiro atoms. The lowest BCUT2D eigenvalue weighted by Crippen LogP contribution is -2.60. The van der Waals surface area contributed by atoms with Gasteiger partial charge in [-0.25, -0.2) is 0 Å². The van der Waals surface area contributed by atoms with E-state index in [1.54, 1.807) is 29.2 Å². The van der Waals surface area contributed by atoms with Gasteiger partial charge in [0.05, 0.1) is 17.7 Å². The predicted octanol–water partition coefficient (Wildman–Crippen LogP) is 3.13. The molecule has 3 unspecified atom stereocenters. The van der Waals surface area contributed by atoms with Crippen molar-refractivity contribution in [2.24, 2.45) is 0 Å². The summed E-state index contributed by atoms with van der Waals surface area (Å²) in [6.45, 7) is 3.25. The number of likely N-dealkylation sites (tertiary alicyclic amines) is 1. The van der Waals surface area contributed by atoms with Crippen molar-refractivity contribution in [3.05, 3.63) is 71.3 Å². The van der Waals surface area contributed by atoms with Crippen LogP contribution in [-0.2, 0) is 14.3 Å². The third kappa shape index (κ3) is 3.11. The molecule has 2 aromatic rings. The van der Waals surface area contributed by atoms with E-state index in [9.17, 15) is 9.59 Å². The van der Waals surface area contributed by atoms with Crippen molar-refractivity contribution in [3.63, 3.8) is 0 Å². The van der Waals surface area contributed by atoms with E-state index in [1.807, 2.05) is 37.3 Å². The van der Waals surface area contributed by atoms with Crippen molar-refractivity contribution in [1.29, 1.82) is 5.26 Å². The van der Waals surface area contributed by atoms with Gasteiger partial charge in [-0.3, -0.25) is 9.59 Å². The van der Waals surface area contributed by atoms with Gasteiger partial charge in [0.1, 0.15) is 6.04 Å². The summed E-state index contributed by atoms with van der Waals surface area (Å²) in [7, 11) is 0. The number of hydrogen-bond donors (Lipinski definition) is 0. The lowest BCUT2D eigenvalue weighted by molar-refractivity contribution is -0.186. The Kier molecular flexibility index (Phi) is 4.53. The highest BCUT2D eigenvalue weighted by Gasteiger charge is 2.52. The maximum atomic E-state index is 12.6. The summed E-state index contributed by atoms with van der Waals surface area (Å²) in [4.78, 5) is 25.7. The van der Waals surface area contributed by atoms with Gasteiger partial charge in [0.2, 0.25) is 6.10 Å². The summed E-state index contributed by atoms with van der Waals surface area (Å²) in [6, 6.07) is 18.3. The first-order chi connectivity index (χ1) is 12.0. The van der Waals surface area contributed by atoms with Crippen LogP contribution >= 0.6 is 0 Å². The van der Waals surface area contributed by atoms with E-state index in [0.717, 1.165) is 11.1 Å². The van der Waals surface area contributed by atoms with Crippen LogP contribution in [0.4, 0.5) is 0 Å². The fourth-order valence-electron chi connectivity index (χ4n) is 3.19. The Morgan fingerprint density at radius 2 is 1.80 bits per heavy atom. The molecule has 1 aliphatic rings. The molecular weight excluding hydrogens is 316 g/mol. The van der Waals surface area contributed by atoms with Crippen LogP contribution in [0.2, 0.25) is 0 Å². The van der Waals surface area contributed by atoms with Crippen molar-refractivity contribution in [3.8, 4) is 6.07 Å². The van der Waals surface area contributed by atoms with E-state index in [2.05, 4.69) is 6.07 Å². The molecule has 5 nitrogen and oxygen atoms in total. The van der Waals surface area contributed by atoms with Gasteiger partial charge < -0.3 is 9.64 Å². The van der Waals surface area contributed by atoms with E-state index in [1.165, 1.54) is 6.92 Å². The third-order valence-electron chi connectivity index (χ3n) is 4.46. The summed E-state index contributed by atoms with van der Waals surface area (Å²) in [5, 5.41) is 8.96. The Labute approximate surface area is 146 Å². The number of ether oxygens (including phenoxy) is 1. The molecule has 1 aliphatic heterocycles. The molecule has 1 saturated heterocycles. The van der Waals surface area contributed by atoms with Crippen LogP contribution in [-0.4, -0.2) is 22.9 Å². The number of benzene rings is 2. The molecule has 1 fully saturated rings. The van der Waals surface area contributed by atoms with E-state index < -0.39 is 12.1 Å². The van der Waals surface area contributed by atoms with E-state index >= 15 is 0 Å². The van der Waals surface area contributed by atoms with Crippen LogP contribution in [0, 0.1) is 11.3 Å². The van der Waals surface area contributed by atoms with E-state index in [4.69, 9.17) is 10.00 Å². The third-order valence-corrected chi connectivity index (χ3v) is 4.46. The Morgan fingerprint density at radius 1 is 1.16 bits per heavy atom. The van der Waals surface area contributed by atoms with Crippen molar-refractivity contribution in [1.82, 2.24) is 4.90 Å². The zero-order valence-electron chi connectivity index (χ0n) is 14.0. The molecule has 0 bridgehead atoms. The second-order valence-electron chi connectivity index (χ2n) is 6.04. The molecule has 126 valence electrons. The molecule has 25 heavy (non-hydrogen) atoms.